The van der Waals surface area contributed by atoms with E-state index in [4.69, 9.17) is 10.5 Å². The van der Waals surface area contributed by atoms with E-state index in [-0.39, 0.29) is 19.1 Å². The second-order valence-corrected chi connectivity index (χ2v) is 4.60. The van der Waals surface area contributed by atoms with Gasteiger partial charge in [0.15, 0.2) is 0 Å². The molecule has 6 heteroatoms. The zero-order valence-corrected chi connectivity index (χ0v) is 10.7. The van der Waals surface area contributed by atoms with E-state index in [0.29, 0.717) is 24.1 Å². The highest BCUT2D eigenvalue weighted by Crippen LogP contribution is 2.23. The smallest absolute Gasteiger partial charge is 0.242 e. The van der Waals surface area contributed by atoms with Gasteiger partial charge in [-0.05, 0) is 23.6 Å². The summed E-state index contributed by atoms with van der Waals surface area (Å²) in [4.78, 5) is 13.5. The van der Waals surface area contributed by atoms with Crippen molar-refractivity contribution >= 4 is 5.91 Å². The van der Waals surface area contributed by atoms with Crippen molar-refractivity contribution in [1.29, 1.82) is 0 Å². The third-order valence-electron chi connectivity index (χ3n) is 3.22. The summed E-state index contributed by atoms with van der Waals surface area (Å²) in [5.74, 6) is -1.45. The largest absolute Gasteiger partial charge is 0.383 e. The van der Waals surface area contributed by atoms with Gasteiger partial charge < -0.3 is 15.4 Å². The first-order chi connectivity index (χ1) is 9.02. The van der Waals surface area contributed by atoms with E-state index in [2.05, 4.69) is 0 Å². The minimum Gasteiger partial charge on any atom is -0.383 e. The molecule has 4 nitrogen and oxygen atoms in total. The lowest BCUT2D eigenvalue weighted by Crippen LogP contribution is -2.47. The number of amides is 1. The maximum atomic E-state index is 13.6. The maximum Gasteiger partial charge on any atom is 0.242 e. The van der Waals surface area contributed by atoms with Gasteiger partial charge in [-0.1, -0.05) is 0 Å². The first kappa shape index (κ1) is 13.9. The first-order valence-corrected chi connectivity index (χ1v) is 6.03. The number of ether oxygens (including phenoxy) is 1. The lowest BCUT2D eigenvalue weighted by Gasteiger charge is -2.30. The molecule has 1 aliphatic heterocycles. The van der Waals surface area contributed by atoms with Crippen LogP contribution in [-0.2, 0) is 22.5 Å². The molecule has 104 valence electrons. The average Bonchev–Trinajstić information content (AvgIpc) is 2.37. The standard InChI is InChI=1S/C13H16F2N2O2/c1-19-7-12(16)13(18)17-3-2-10-8(6-17)4-9(14)5-11(10)15/h4-5,12H,2-3,6-7,16H2,1H3. The van der Waals surface area contributed by atoms with Crippen LogP contribution in [0.4, 0.5) is 8.78 Å². The van der Waals surface area contributed by atoms with Gasteiger partial charge in [0.25, 0.3) is 0 Å². The van der Waals surface area contributed by atoms with Gasteiger partial charge in [0, 0.05) is 26.3 Å². The third-order valence-corrected chi connectivity index (χ3v) is 3.22. The minimum atomic E-state index is -0.745. The number of fused-ring (bicyclic) bond motifs is 1. The molecule has 0 aliphatic carbocycles. The van der Waals surface area contributed by atoms with Crippen LogP contribution in [0.5, 0.6) is 0 Å². The molecule has 0 radical (unpaired) electrons. The molecular weight excluding hydrogens is 254 g/mol. The van der Waals surface area contributed by atoms with Crippen LogP contribution < -0.4 is 5.73 Å². The Morgan fingerprint density at radius 3 is 2.95 bits per heavy atom. The minimum absolute atomic E-state index is 0.125. The van der Waals surface area contributed by atoms with Gasteiger partial charge in [0.2, 0.25) is 5.91 Å². The Balaban J connectivity index is 2.16. The summed E-state index contributed by atoms with van der Waals surface area (Å²) >= 11 is 0. The van der Waals surface area contributed by atoms with E-state index in [1.54, 1.807) is 0 Å². The molecule has 1 aliphatic rings. The van der Waals surface area contributed by atoms with E-state index < -0.39 is 17.7 Å². The van der Waals surface area contributed by atoms with Gasteiger partial charge in [-0.15, -0.1) is 0 Å². The van der Waals surface area contributed by atoms with E-state index in [1.165, 1.54) is 18.1 Å². The topological polar surface area (TPSA) is 55.6 Å². The molecule has 0 bridgehead atoms. The van der Waals surface area contributed by atoms with E-state index in [0.717, 1.165) is 6.07 Å². The summed E-state index contributed by atoms with van der Waals surface area (Å²) in [6.45, 7) is 0.686. The molecule has 0 fully saturated rings. The molecule has 0 spiro atoms. The van der Waals surface area contributed by atoms with Crippen LogP contribution in [0, 0.1) is 11.6 Å². The van der Waals surface area contributed by atoms with Crippen LogP contribution in [-0.4, -0.2) is 37.1 Å². The van der Waals surface area contributed by atoms with Gasteiger partial charge in [-0.3, -0.25) is 4.79 Å². The van der Waals surface area contributed by atoms with Crippen molar-refractivity contribution in [2.75, 3.05) is 20.3 Å². The highest BCUT2D eigenvalue weighted by atomic mass is 19.1. The number of nitrogens with zero attached hydrogens (tertiary/aromatic N) is 1. The van der Waals surface area contributed by atoms with Crippen molar-refractivity contribution in [3.05, 3.63) is 34.9 Å². The van der Waals surface area contributed by atoms with Gasteiger partial charge in [-0.25, -0.2) is 8.78 Å². The third kappa shape index (κ3) is 2.90. The van der Waals surface area contributed by atoms with Crippen molar-refractivity contribution in [1.82, 2.24) is 4.90 Å². The number of carbonyl (C=O) groups is 1. The molecule has 1 aromatic carbocycles. The van der Waals surface area contributed by atoms with Crippen molar-refractivity contribution < 1.29 is 18.3 Å². The van der Waals surface area contributed by atoms with E-state index >= 15 is 0 Å². The number of halogens is 2. The number of methoxy groups -OCH3 is 1. The molecule has 1 aromatic rings. The first-order valence-electron chi connectivity index (χ1n) is 6.03. The lowest BCUT2D eigenvalue weighted by atomic mass is 9.98. The predicted octanol–water partition coefficient (Wildman–Crippen LogP) is 0.823. The fourth-order valence-corrected chi connectivity index (χ4v) is 2.28. The molecular formula is C13H16F2N2O2. The number of carbonyl (C=O) groups excluding carboxylic acids is 1. The normalized spacial score (nSPS) is 16.1. The van der Waals surface area contributed by atoms with Gasteiger partial charge in [-0.2, -0.15) is 0 Å². The Bertz CT molecular complexity index is 494. The highest BCUT2D eigenvalue weighted by Gasteiger charge is 2.26. The Morgan fingerprint density at radius 1 is 1.53 bits per heavy atom. The number of hydrogen-bond donors (Lipinski definition) is 1. The van der Waals surface area contributed by atoms with Gasteiger partial charge in [0.1, 0.15) is 17.7 Å². The lowest BCUT2D eigenvalue weighted by molar-refractivity contribution is -0.134. The van der Waals surface area contributed by atoms with Gasteiger partial charge >= 0.3 is 0 Å². The van der Waals surface area contributed by atoms with E-state index in [1.807, 2.05) is 0 Å². The number of rotatable bonds is 3. The summed E-state index contributed by atoms with van der Waals surface area (Å²) in [5.41, 5.74) is 6.65. The van der Waals surface area contributed by atoms with Crippen molar-refractivity contribution in [2.45, 2.75) is 19.0 Å². The predicted molar refractivity (Wildman–Crippen MR) is 65.3 cm³/mol. The summed E-state index contributed by atoms with van der Waals surface area (Å²) in [5, 5.41) is 0. The van der Waals surface area contributed by atoms with Crippen LogP contribution >= 0.6 is 0 Å². The monoisotopic (exact) mass is 270 g/mol. The molecule has 1 amide bonds. The van der Waals surface area contributed by atoms with Crippen molar-refractivity contribution in [3.63, 3.8) is 0 Å². The summed E-state index contributed by atoms with van der Waals surface area (Å²) in [7, 11) is 1.46. The molecule has 1 unspecified atom stereocenters. The zero-order valence-electron chi connectivity index (χ0n) is 10.7. The molecule has 0 aromatic heterocycles. The molecule has 0 saturated heterocycles. The average molecular weight is 270 g/mol. The number of nitrogens with two attached hydrogens (primary N) is 1. The molecule has 2 rings (SSSR count). The van der Waals surface area contributed by atoms with Crippen LogP contribution in [0.3, 0.4) is 0 Å². The van der Waals surface area contributed by atoms with Crippen LogP contribution in [0.1, 0.15) is 11.1 Å². The fourth-order valence-electron chi connectivity index (χ4n) is 2.28. The van der Waals surface area contributed by atoms with Gasteiger partial charge in [0.05, 0.1) is 6.61 Å². The highest BCUT2D eigenvalue weighted by molar-refractivity contribution is 5.82. The molecule has 19 heavy (non-hydrogen) atoms. The van der Waals surface area contributed by atoms with Crippen molar-refractivity contribution in [2.24, 2.45) is 5.73 Å². The van der Waals surface area contributed by atoms with Crippen LogP contribution in [0.15, 0.2) is 12.1 Å². The summed E-state index contributed by atoms with van der Waals surface area (Å²) < 4.78 is 31.6. The number of benzene rings is 1. The fraction of sp³-hybridized carbons (Fsp3) is 0.462. The molecule has 2 N–H and O–H groups in total. The van der Waals surface area contributed by atoms with Crippen LogP contribution in [0.2, 0.25) is 0 Å². The van der Waals surface area contributed by atoms with Crippen LogP contribution in [0.25, 0.3) is 0 Å². The second-order valence-electron chi connectivity index (χ2n) is 4.60. The SMILES string of the molecule is COCC(N)C(=O)N1CCc2c(F)cc(F)cc2C1. The molecule has 0 saturated carbocycles. The Kier molecular flexibility index (Phi) is 4.11. The zero-order chi connectivity index (χ0) is 14.0. The molecule has 1 atom stereocenters. The quantitative estimate of drug-likeness (QED) is 0.885. The Hall–Kier alpha value is -1.53. The Labute approximate surface area is 110 Å². The summed E-state index contributed by atoms with van der Waals surface area (Å²) in [6, 6.07) is 1.39. The summed E-state index contributed by atoms with van der Waals surface area (Å²) in [6.07, 6.45) is 0.368. The maximum absolute atomic E-state index is 13.6. The van der Waals surface area contributed by atoms with Crippen molar-refractivity contribution in [3.8, 4) is 0 Å². The molecule has 1 heterocycles. The Morgan fingerprint density at radius 2 is 2.26 bits per heavy atom. The number of hydrogen-bond acceptors (Lipinski definition) is 3. The van der Waals surface area contributed by atoms with E-state index in [9.17, 15) is 13.6 Å². The second kappa shape index (κ2) is 5.63.